The molecule has 0 aliphatic carbocycles. The van der Waals surface area contributed by atoms with Crippen LogP contribution >= 0.6 is 0 Å². The summed E-state index contributed by atoms with van der Waals surface area (Å²) in [5.41, 5.74) is 4.76. The number of amides is 4. The highest BCUT2D eigenvalue weighted by Gasteiger charge is 2.40. The minimum Gasteiger partial charge on any atom is -0.453 e. The molecule has 2 saturated heterocycles. The van der Waals surface area contributed by atoms with Gasteiger partial charge in [-0.2, -0.15) is 26.3 Å². The molecule has 0 saturated carbocycles. The van der Waals surface area contributed by atoms with E-state index in [1.165, 1.54) is 9.80 Å². The number of aromatic nitrogens is 4. The van der Waals surface area contributed by atoms with Gasteiger partial charge >= 0.3 is 24.5 Å². The molecule has 20 heteroatoms. The van der Waals surface area contributed by atoms with Gasteiger partial charge in [0.2, 0.25) is 11.8 Å². The quantitative estimate of drug-likeness (QED) is 0.0996. The van der Waals surface area contributed by atoms with Gasteiger partial charge in [0.25, 0.3) is 0 Å². The summed E-state index contributed by atoms with van der Waals surface area (Å²) in [5, 5.41) is 4.49. The molecule has 2 aliphatic heterocycles. The highest BCUT2D eigenvalue weighted by Crippen LogP contribution is 2.36. The molecule has 322 valence electrons. The van der Waals surface area contributed by atoms with Crippen LogP contribution < -0.4 is 10.6 Å². The number of carbonyl (C=O) groups excluding carboxylic acids is 4. The summed E-state index contributed by atoms with van der Waals surface area (Å²) in [6, 6.07) is 11.4. The van der Waals surface area contributed by atoms with Crippen molar-refractivity contribution < 1.29 is 55.0 Å². The van der Waals surface area contributed by atoms with Gasteiger partial charge in [0.05, 0.1) is 50.1 Å². The van der Waals surface area contributed by atoms with E-state index in [1.54, 1.807) is 12.4 Å². The number of H-pyrrole nitrogens is 2. The first-order chi connectivity index (χ1) is 28.5. The second-order valence-electron chi connectivity index (χ2n) is 14.6. The van der Waals surface area contributed by atoms with Gasteiger partial charge in [0.1, 0.15) is 23.7 Å². The van der Waals surface area contributed by atoms with Crippen LogP contribution in [0.2, 0.25) is 0 Å². The first kappa shape index (κ1) is 43.5. The third kappa shape index (κ3) is 10.7. The number of benzene rings is 2. The predicted molar refractivity (Wildman–Crippen MR) is 204 cm³/mol. The van der Waals surface area contributed by atoms with Crippen molar-refractivity contribution in [1.29, 1.82) is 0 Å². The van der Waals surface area contributed by atoms with Crippen molar-refractivity contribution in [1.82, 2.24) is 40.4 Å². The number of alkyl carbamates (subject to hydrolysis) is 2. The Morgan fingerprint density at radius 2 is 1.00 bits per heavy atom. The van der Waals surface area contributed by atoms with Crippen molar-refractivity contribution in [2.45, 2.75) is 87.9 Å². The first-order valence-corrected chi connectivity index (χ1v) is 19.3. The summed E-state index contributed by atoms with van der Waals surface area (Å²) in [5.74, 6) is -0.353. The van der Waals surface area contributed by atoms with Crippen LogP contribution in [0.25, 0.3) is 33.6 Å². The molecule has 60 heavy (non-hydrogen) atoms. The van der Waals surface area contributed by atoms with Crippen molar-refractivity contribution >= 4 is 24.0 Å². The van der Waals surface area contributed by atoms with Gasteiger partial charge < -0.3 is 39.9 Å². The molecule has 0 spiro atoms. The molecule has 2 aliphatic rings. The third-order valence-corrected chi connectivity index (χ3v) is 10.6. The van der Waals surface area contributed by atoms with E-state index < -0.39 is 86.2 Å². The van der Waals surface area contributed by atoms with E-state index in [0.29, 0.717) is 48.7 Å². The Morgan fingerprint density at radius 1 is 0.650 bits per heavy atom. The molecule has 14 nitrogen and oxygen atoms in total. The molecule has 2 aromatic carbocycles. The van der Waals surface area contributed by atoms with E-state index in [2.05, 4.69) is 40.0 Å². The Bertz CT molecular complexity index is 1970. The maximum Gasteiger partial charge on any atom is 0.407 e. The molecule has 4 heterocycles. The number of methoxy groups -OCH3 is 2. The zero-order chi connectivity index (χ0) is 43.2. The largest absolute Gasteiger partial charge is 0.453 e. The molecule has 4 atom stereocenters. The van der Waals surface area contributed by atoms with E-state index in [4.69, 9.17) is 0 Å². The highest BCUT2D eigenvalue weighted by atomic mass is 19.4. The van der Waals surface area contributed by atoms with Crippen molar-refractivity contribution in [3.05, 3.63) is 72.6 Å². The van der Waals surface area contributed by atoms with Crippen LogP contribution in [0.3, 0.4) is 0 Å². The second-order valence-corrected chi connectivity index (χ2v) is 14.6. The van der Waals surface area contributed by atoms with E-state index in [-0.39, 0.29) is 13.1 Å². The summed E-state index contributed by atoms with van der Waals surface area (Å²) in [6.07, 6.45) is -9.30. The smallest absolute Gasteiger partial charge is 0.407 e. The zero-order valence-electron chi connectivity index (χ0n) is 32.7. The maximum atomic E-state index is 13.4. The Morgan fingerprint density at radius 3 is 1.33 bits per heavy atom. The summed E-state index contributed by atoms with van der Waals surface area (Å²) < 4.78 is 87.2. The number of rotatable bonds is 13. The molecule has 4 N–H and O–H groups in total. The Balaban J connectivity index is 1.10. The molecule has 2 fully saturated rings. The van der Waals surface area contributed by atoms with Crippen molar-refractivity contribution in [3.8, 4) is 33.6 Å². The number of likely N-dealkylation sites (tertiary alicyclic amines) is 2. The summed E-state index contributed by atoms with van der Waals surface area (Å²) in [7, 11) is 2.13. The lowest BCUT2D eigenvalue weighted by molar-refractivity contribution is -0.144. The second kappa shape index (κ2) is 18.5. The fourth-order valence-corrected chi connectivity index (χ4v) is 7.55. The van der Waals surface area contributed by atoms with Gasteiger partial charge in [0, 0.05) is 25.9 Å². The van der Waals surface area contributed by atoms with Crippen molar-refractivity contribution in [3.63, 3.8) is 0 Å². The molecule has 6 rings (SSSR count). The summed E-state index contributed by atoms with van der Waals surface area (Å²) in [4.78, 5) is 69.0. The van der Waals surface area contributed by atoms with Gasteiger partial charge in [-0.1, -0.05) is 48.5 Å². The van der Waals surface area contributed by atoms with Crippen LogP contribution in [0.1, 0.15) is 75.1 Å². The maximum absolute atomic E-state index is 13.4. The topological polar surface area (TPSA) is 175 Å². The molecule has 0 unspecified atom stereocenters. The number of alkyl halides is 6. The number of nitrogens with one attached hydrogen (secondary N) is 4. The lowest BCUT2D eigenvalue weighted by Crippen LogP contribution is -2.48. The van der Waals surface area contributed by atoms with Gasteiger partial charge in [-0.3, -0.25) is 9.59 Å². The minimum absolute atomic E-state index is 0.287. The van der Waals surface area contributed by atoms with Crippen LogP contribution in [0.15, 0.2) is 60.9 Å². The van der Waals surface area contributed by atoms with Crippen LogP contribution in [0, 0.1) is 0 Å². The van der Waals surface area contributed by atoms with Crippen LogP contribution in [-0.4, -0.2) is 105 Å². The monoisotopic (exact) mass is 846 g/mol. The number of hydrogen-bond donors (Lipinski definition) is 4. The number of imidazole rings is 2. The Labute approximate surface area is 340 Å². The Hall–Kier alpha value is -6.08. The molecule has 0 radical (unpaired) electrons. The first-order valence-electron chi connectivity index (χ1n) is 19.3. The standard InChI is InChI=1S/C40H44F6N8O6/c1-59-37(57)51-27(15-17-39(41,42)43)35(55)53-19-3-5-31(53)33-47-21-29(49-33)25-11-7-23(8-12-25)24-9-13-26(14-10-24)30-22-48-34(50-30)32-6-4-20-54(32)36(56)28(52-38(58)60-2)16-18-40(44,45)46/h7-14,21-22,27-28,31-32H,3-6,15-20H2,1-2H3,(H,47,49)(H,48,50)(H,51,57)(H,52,58)/t27-,28-,31-,32-/m0/s1. The molecule has 4 aromatic rings. The fourth-order valence-electron chi connectivity index (χ4n) is 7.55. The van der Waals surface area contributed by atoms with E-state index in [9.17, 15) is 45.5 Å². The van der Waals surface area contributed by atoms with Gasteiger partial charge in [0.15, 0.2) is 0 Å². The van der Waals surface area contributed by atoms with Crippen molar-refractivity contribution in [2.24, 2.45) is 0 Å². The summed E-state index contributed by atoms with van der Waals surface area (Å²) >= 11 is 0. The average molecular weight is 847 g/mol. The number of aromatic amines is 2. The Kier molecular flexibility index (Phi) is 13.4. The number of ether oxygens (including phenoxy) is 2. The average Bonchev–Trinajstić information content (AvgIpc) is 4.07. The predicted octanol–water partition coefficient (Wildman–Crippen LogP) is 7.60. The lowest BCUT2D eigenvalue weighted by Gasteiger charge is -2.28. The highest BCUT2D eigenvalue weighted by molar-refractivity contribution is 5.87. The third-order valence-electron chi connectivity index (χ3n) is 10.6. The SMILES string of the molecule is COC(=O)N[C@@H](CCC(F)(F)F)C(=O)N1CCC[C@H]1c1ncc(-c2ccc(-c3ccc(-c4cnc([C@@H]5CCCN5C(=O)[C@H](CCC(F)(F)F)NC(=O)OC)[nH]4)cc3)cc2)[nH]1. The fraction of sp³-hybridized carbons (Fsp3) is 0.450. The molecule has 2 aromatic heterocycles. The van der Waals surface area contributed by atoms with Crippen LogP contribution in [-0.2, 0) is 19.1 Å². The zero-order valence-corrected chi connectivity index (χ0v) is 32.7. The molecule has 0 bridgehead atoms. The molecule has 4 amide bonds. The van der Waals surface area contributed by atoms with E-state index >= 15 is 0 Å². The normalized spacial score (nSPS) is 17.9. The van der Waals surface area contributed by atoms with Crippen molar-refractivity contribution in [2.75, 3.05) is 27.3 Å². The number of carbonyl (C=O) groups is 4. The molecular formula is C40H44F6N8O6. The van der Waals surface area contributed by atoms with E-state index in [1.807, 2.05) is 48.5 Å². The number of hydrogen-bond acceptors (Lipinski definition) is 8. The van der Waals surface area contributed by atoms with Gasteiger partial charge in [-0.15, -0.1) is 0 Å². The van der Waals surface area contributed by atoms with E-state index in [0.717, 1.165) is 36.5 Å². The number of halogens is 6. The van der Waals surface area contributed by atoms with Crippen LogP contribution in [0.5, 0.6) is 0 Å². The number of nitrogens with zero attached hydrogens (tertiary/aromatic N) is 4. The lowest BCUT2D eigenvalue weighted by atomic mass is 10.0. The van der Waals surface area contributed by atoms with Crippen LogP contribution in [0.4, 0.5) is 35.9 Å². The molecular weight excluding hydrogens is 802 g/mol. The van der Waals surface area contributed by atoms with Gasteiger partial charge in [-0.25, -0.2) is 19.6 Å². The minimum atomic E-state index is -4.51. The summed E-state index contributed by atoms with van der Waals surface area (Å²) in [6.45, 7) is 0.574. The van der Waals surface area contributed by atoms with Gasteiger partial charge in [-0.05, 0) is 60.8 Å².